The zero-order valence-corrected chi connectivity index (χ0v) is 16.2. The number of primary amides is 1. The minimum absolute atomic E-state index is 0.430. The zero-order valence-electron chi connectivity index (χ0n) is 16.2. The van der Waals surface area contributed by atoms with Gasteiger partial charge in [-0.15, -0.1) is 0 Å². The number of amides is 2. The number of nitrogens with one attached hydrogen (secondary N) is 2. The second-order valence-corrected chi connectivity index (χ2v) is 6.44. The highest BCUT2D eigenvalue weighted by Gasteiger charge is 2.20. The van der Waals surface area contributed by atoms with Gasteiger partial charge in [0.05, 0.1) is 6.67 Å². The standard InChI is InChI=1S/C9H19N3O.C7H15N.C2H3NO/c1-2-8-5-3-4-6-12(8)7-11-9(10)13;1-2-7-5-3-4-6-8-7;1-3-2-4/h8H,2-7H2,1H3,(H3,10,11,13);7-8H,2-6H2,1H3;1H3. The Labute approximate surface area is 152 Å². The van der Waals surface area contributed by atoms with Gasteiger partial charge in [-0.25, -0.2) is 14.6 Å². The van der Waals surface area contributed by atoms with Crippen molar-refractivity contribution in [1.29, 1.82) is 0 Å². The molecule has 0 aromatic carbocycles. The summed E-state index contributed by atoms with van der Waals surface area (Å²) in [7, 11) is 1.38. The molecule has 0 aliphatic carbocycles. The van der Waals surface area contributed by atoms with Gasteiger partial charge < -0.3 is 16.4 Å². The van der Waals surface area contributed by atoms with Crippen LogP contribution < -0.4 is 16.4 Å². The monoisotopic (exact) mass is 355 g/mol. The van der Waals surface area contributed by atoms with Crippen LogP contribution in [0, 0.1) is 0 Å². The number of aliphatic imine (C=N–C) groups is 1. The molecule has 0 aromatic rings. The van der Waals surface area contributed by atoms with E-state index >= 15 is 0 Å². The summed E-state index contributed by atoms with van der Waals surface area (Å²) >= 11 is 0. The molecule has 25 heavy (non-hydrogen) atoms. The van der Waals surface area contributed by atoms with Gasteiger partial charge in [-0.1, -0.05) is 26.7 Å². The predicted molar refractivity (Wildman–Crippen MR) is 102 cm³/mol. The zero-order chi connectivity index (χ0) is 18.9. The van der Waals surface area contributed by atoms with Crippen LogP contribution in [0.15, 0.2) is 4.99 Å². The molecule has 2 fully saturated rings. The van der Waals surface area contributed by atoms with Gasteiger partial charge in [0.2, 0.25) is 6.08 Å². The van der Waals surface area contributed by atoms with Gasteiger partial charge in [0.15, 0.2) is 0 Å². The van der Waals surface area contributed by atoms with Gasteiger partial charge in [0.1, 0.15) is 0 Å². The van der Waals surface area contributed by atoms with Gasteiger partial charge in [-0.3, -0.25) is 4.90 Å². The van der Waals surface area contributed by atoms with E-state index in [2.05, 4.69) is 34.4 Å². The van der Waals surface area contributed by atoms with Crippen molar-refractivity contribution in [2.75, 3.05) is 26.8 Å². The Morgan fingerprint density at radius 2 is 1.92 bits per heavy atom. The van der Waals surface area contributed by atoms with Gasteiger partial charge in [0, 0.05) is 25.7 Å². The van der Waals surface area contributed by atoms with Crippen LogP contribution in [-0.4, -0.2) is 55.9 Å². The summed E-state index contributed by atoms with van der Waals surface area (Å²) in [5, 5.41) is 6.11. The molecule has 2 aliphatic rings. The summed E-state index contributed by atoms with van der Waals surface area (Å²) in [5.74, 6) is 0. The highest BCUT2D eigenvalue weighted by Crippen LogP contribution is 2.18. The number of carbonyl (C=O) groups is 1. The van der Waals surface area contributed by atoms with Gasteiger partial charge in [-0.2, -0.15) is 0 Å². The molecule has 0 spiro atoms. The normalized spacial score (nSPS) is 23.0. The van der Waals surface area contributed by atoms with E-state index in [-0.39, 0.29) is 0 Å². The minimum Gasteiger partial charge on any atom is -0.352 e. The van der Waals surface area contributed by atoms with Crippen molar-refractivity contribution >= 4 is 12.1 Å². The van der Waals surface area contributed by atoms with Crippen molar-refractivity contribution in [2.24, 2.45) is 10.7 Å². The molecule has 2 saturated heterocycles. The number of urea groups is 1. The highest BCUT2D eigenvalue weighted by molar-refractivity contribution is 5.71. The summed E-state index contributed by atoms with van der Waals surface area (Å²) in [4.78, 5) is 24.6. The molecule has 2 heterocycles. The van der Waals surface area contributed by atoms with Crippen LogP contribution in [0.5, 0.6) is 0 Å². The molecule has 2 amide bonds. The van der Waals surface area contributed by atoms with Crippen LogP contribution in [0.2, 0.25) is 0 Å². The van der Waals surface area contributed by atoms with Crippen LogP contribution >= 0.6 is 0 Å². The van der Waals surface area contributed by atoms with Crippen LogP contribution in [0.1, 0.15) is 65.2 Å². The summed E-state index contributed by atoms with van der Waals surface area (Å²) in [6.45, 7) is 7.38. The van der Waals surface area contributed by atoms with E-state index in [0.29, 0.717) is 12.7 Å². The van der Waals surface area contributed by atoms with E-state index in [4.69, 9.17) is 10.5 Å². The molecule has 2 aliphatic heterocycles. The van der Waals surface area contributed by atoms with Gasteiger partial charge in [-0.05, 0) is 45.1 Å². The van der Waals surface area contributed by atoms with E-state index in [9.17, 15) is 4.79 Å². The van der Waals surface area contributed by atoms with E-state index in [1.807, 2.05) is 0 Å². The third kappa shape index (κ3) is 12.6. The quantitative estimate of drug-likeness (QED) is 0.532. The second-order valence-electron chi connectivity index (χ2n) is 6.44. The molecule has 7 heteroatoms. The number of nitrogens with two attached hydrogens (primary N) is 1. The lowest BCUT2D eigenvalue weighted by Gasteiger charge is -2.34. The number of hydrogen-bond acceptors (Lipinski definition) is 5. The Bertz CT molecular complexity index is 380. The van der Waals surface area contributed by atoms with Crippen LogP contribution in [-0.2, 0) is 4.79 Å². The maximum atomic E-state index is 10.5. The molecule has 7 nitrogen and oxygen atoms in total. The number of nitrogens with zero attached hydrogens (tertiary/aromatic N) is 2. The Hall–Kier alpha value is -1.43. The number of hydrogen-bond donors (Lipinski definition) is 3. The van der Waals surface area contributed by atoms with Crippen molar-refractivity contribution in [3.63, 3.8) is 0 Å². The molecule has 146 valence electrons. The highest BCUT2D eigenvalue weighted by atomic mass is 16.2. The van der Waals surface area contributed by atoms with E-state index in [1.54, 1.807) is 0 Å². The summed E-state index contributed by atoms with van der Waals surface area (Å²) in [6, 6.07) is 1.03. The van der Waals surface area contributed by atoms with E-state index in [1.165, 1.54) is 64.6 Å². The predicted octanol–water partition coefficient (Wildman–Crippen LogP) is 2.37. The summed E-state index contributed by atoms with van der Waals surface area (Å²) in [6.07, 6.45) is 11.8. The Kier molecular flexibility index (Phi) is 15.1. The maximum Gasteiger partial charge on any atom is 0.313 e. The van der Waals surface area contributed by atoms with Crippen molar-refractivity contribution in [1.82, 2.24) is 15.5 Å². The third-order valence-electron chi connectivity index (χ3n) is 4.67. The first-order valence-electron chi connectivity index (χ1n) is 9.55. The lowest BCUT2D eigenvalue weighted by Crippen LogP contribution is -2.47. The summed E-state index contributed by atoms with van der Waals surface area (Å²) < 4.78 is 0. The molecule has 0 bridgehead atoms. The first-order valence-corrected chi connectivity index (χ1v) is 9.55. The first-order chi connectivity index (χ1) is 12.1. The Morgan fingerprint density at radius 3 is 2.36 bits per heavy atom. The Balaban J connectivity index is 0.000000407. The van der Waals surface area contributed by atoms with E-state index in [0.717, 1.165) is 19.0 Å². The topological polar surface area (TPSA) is 99.8 Å². The average Bonchev–Trinajstić information content (AvgIpc) is 2.67. The SMILES string of the molecule is CCC1CCCCN1.CCC1CCCCN1CNC(N)=O.CN=C=O. The second kappa shape index (κ2) is 16.1. The number of rotatable bonds is 4. The maximum absolute atomic E-state index is 10.5. The van der Waals surface area contributed by atoms with Crippen molar-refractivity contribution in [3.05, 3.63) is 0 Å². The molecular formula is C18H37N5O2. The third-order valence-corrected chi connectivity index (χ3v) is 4.67. The fourth-order valence-corrected chi connectivity index (χ4v) is 3.18. The Morgan fingerprint density at radius 1 is 1.24 bits per heavy atom. The molecule has 2 atom stereocenters. The minimum atomic E-state index is -0.430. The van der Waals surface area contributed by atoms with Crippen molar-refractivity contribution < 1.29 is 9.59 Å². The van der Waals surface area contributed by atoms with E-state index < -0.39 is 6.03 Å². The number of likely N-dealkylation sites (tertiary alicyclic amines) is 1. The van der Waals surface area contributed by atoms with Crippen molar-refractivity contribution in [2.45, 2.75) is 77.3 Å². The molecule has 0 saturated carbocycles. The molecule has 0 radical (unpaired) electrons. The molecule has 2 rings (SSSR count). The first kappa shape index (κ1) is 23.6. The lowest BCUT2D eigenvalue weighted by molar-refractivity contribution is 0.135. The molecule has 2 unspecified atom stereocenters. The lowest BCUT2D eigenvalue weighted by atomic mass is 10.0. The van der Waals surface area contributed by atoms with Crippen LogP contribution in [0.25, 0.3) is 0 Å². The fourth-order valence-electron chi connectivity index (χ4n) is 3.18. The number of piperidine rings is 2. The largest absolute Gasteiger partial charge is 0.352 e. The fraction of sp³-hybridized carbons (Fsp3) is 0.889. The number of carbonyl (C=O) groups excluding carboxylic acids is 2. The summed E-state index contributed by atoms with van der Waals surface area (Å²) in [5.41, 5.74) is 5.02. The van der Waals surface area contributed by atoms with Crippen LogP contribution in [0.3, 0.4) is 0 Å². The molecule has 4 N–H and O–H groups in total. The molecule has 0 aromatic heterocycles. The van der Waals surface area contributed by atoms with Gasteiger partial charge in [0.25, 0.3) is 0 Å². The smallest absolute Gasteiger partial charge is 0.313 e. The number of isocyanates is 1. The van der Waals surface area contributed by atoms with Gasteiger partial charge >= 0.3 is 6.03 Å². The van der Waals surface area contributed by atoms with Crippen molar-refractivity contribution in [3.8, 4) is 0 Å². The van der Waals surface area contributed by atoms with Crippen LogP contribution in [0.4, 0.5) is 4.79 Å². The molecular weight excluding hydrogens is 318 g/mol. The average molecular weight is 356 g/mol.